The summed E-state index contributed by atoms with van der Waals surface area (Å²) in [5.74, 6) is 0.736. The molecular formula is C15H23N3O2. The van der Waals surface area contributed by atoms with E-state index in [-0.39, 0.29) is 5.91 Å². The third kappa shape index (κ3) is 4.49. The van der Waals surface area contributed by atoms with Gasteiger partial charge in [-0.15, -0.1) is 0 Å². The zero-order chi connectivity index (χ0) is 14.2. The predicted molar refractivity (Wildman–Crippen MR) is 78.9 cm³/mol. The summed E-state index contributed by atoms with van der Waals surface area (Å²) in [6.45, 7) is 1.50. The molecule has 0 atom stereocenters. The maximum absolute atomic E-state index is 12.1. The summed E-state index contributed by atoms with van der Waals surface area (Å²) in [6, 6.07) is 3.90. The molecule has 0 bridgehead atoms. The fraction of sp³-hybridized carbons (Fsp3) is 0.600. The third-order valence-corrected chi connectivity index (χ3v) is 3.54. The molecule has 0 radical (unpaired) electrons. The van der Waals surface area contributed by atoms with Crippen molar-refractivity contribution in [3.63, 3.8) is 0 Å². The van der Waals surface area contributed by atoms with Gasteiger partial charge in [0.15, 0.2) is 0 Å². The Kier molecular flexibility index (Phi) is 5.80. The van der Waals surface area contributed by atoms with Crippen LogP contribution in [-0.2, 0) is 4.74 Å². The topological polar surface area (TPSA) is 63.2 Å². The fourth-order valence-electron chi connectivity index (χ4n) is 2.44. The minimum absolute atomic E-state index is 0.000702. The molecule has 1 saturated carbocycles. The molecule has 0 aromatic carbocycles. The molecule has 1 aliphatic rings. The van der Waals surface area contributed by atoms with Crippen molar-refractivity contribution in [3.05, 3.63) is 23.9 Å². The van der Waals surface area contributed by atoms with Crippen molar-refractivity contribution in [1.82, 2.24) is 10.3 Å². The van der Waals surface area contributed by atoms with Gasteiger partial charge in [-0.05, 0) is 31.4 Å². The molecule has 5 nitrogen and oxygen atoms in total. The largest absolute Gasteiger partial charge is 0.385 e. The molecule has 1 aliphatic carbocycles. The molecular weight excluding hydrogens is 254 g/mol. The number of hydrogen-bond donors (Lipinski definition) is 2. The number of nitrogens with zero attached hydrogens (tertiary/aromatic N) is 1. The van der Waals surface area contributed by atoms with E-state index >= 15 is 0 Å². The van der Waals surface area contributed by atoms with Gasteiger partial charge in [0.1, 0.15) is 5.82 Å². The smallest absolute Gasteiger partial charge is 0.251 e. The molecule has 2 rings (SSSR count). The molecule has 20 heavy (non-hydrogen) atoms. The zero-order valence-electron chi connectivity index (χ0n) is 12.0. The SMILES string of the molecule is COCCCNc1cc(C(=O)NC2CCCC2)ccn1. The van der Waals surface area contributed by atoms with Gasteiger partial charge in [0.2, 0.25) is 0 Å². The maximum Gasteiger partial charge on any atom is 0.251 e. The van der Waals surface area contributed by atoms with Crippen LogP contribution in [0.1, 0.15) is 42.5 Å². The first-order chi connectivity index (χ1) is 9.79. The first kappa shape index (κ1) is 14.8. The molecule has 0 saturated heterocycles. The lowest BCUT2D eigenvalue weighted by Gasteiger charge is -2.12. The van der Waals surface area contributed by atoms with Crippen LogP contribution in [-0.4, -0.2) is 37.2 Å². The summed E-state index contributed by atoms with van der Waals surface area (Å²) in [6.07, 6.45) is 7.21. The molecule has 1 heterocycles. The summed E-state index contributed by atoms with van der Waals surface area (Å²) in [7, 11) is 1.69. The Balaban J connectivity index is 1.85. The van der Waals surface area contributed by atoms with Crippen LogP contribution in [0.25, 0.3) is 0 Å². The molecule has 0 spiro atoms. The summed E-state index contributed by atoms with van der Waals surface area (Å²) < 4.78 is 4.99. The molecule has 0 unspecified atom stereocenters. The van der Waals surface area contributed by atoms with E-state index in [0.29, 0.717) is 11.6 Å². The van der Waals surface area contributed by atoms with E-state index in [0.717, 1.165) is 38.2 Å². The number of amides is 1. The van der Waals surface area contributed by atoms with Crippen molar-refractivity contribution in [2.75, 3.05) is 25.6 Å². The number of rotatable bonds is 7. The number of carbonyl (C=O) groups is 1. The van der Waals surface area contributed by atoms with E-state index in [2.05, 4.69) is 15.6 Å². The van der Waals surface area contributed by atoms with E-state index in [4.69, 9.17) is 4.74 Å². The van der Waals surface area contributed by atoms with E-state index in [1.807, 2.05) is 0 Å². The van der Waals surface area contributed by atoms with E-state index < -0.39 is 0 Å². The van der Waals surface area contributed by atoms with Crippen molar-refractivity contribution in [3.8, 4) is 0 Å². The summed E-state index contributed by atoms with van der Waals surface area (Å²) in [4.78, 5) is 16.4. The Bertz CT molecular complexity index is 431. The van der Waals surface area contributed by atoms with Crippen molar-refractivity contribution >= 4 is 11.7 Å². The Morgan fingerprint density at radius 3 is 3.00 bits per heavy atom. The number of hydrogen-bond acceptors (Lipinski definition) is 4. The highest BCUT2D eigenvalue weighted by molar-refractivity contribution is 5.95. The highest BCUT2D eigenvalue weighted by atomic mass is 16.5. The van der Waals surface area contributed by atoms with E-state index in [1.54, 1.807) is 25.4 Å². The lowest BCUT2D eigenvalue weighted by Crippen LogP contribution is -2.32. The van der Waals surface area contributed by atoms with Crippen LogP contribution >= 0.6 is 0 Å². The fourth-order valence-corrected chi connectivity index (χ4v) is 2.44. The molecule has 1 amide bonds. The van der Waals surface area contributed by atoms with E-state index in [9.17, 15) is 4.79 Å². The van der Waals surface area contributed by atoms with Crippen LogP contribution in [0.5, 0.6) is 0 Å². The van der Waals surface area contributed by atoms with Gasteiger partial charge in [-0.2, -0.15) is 0 Å². The quantitative estimate of drug-likeness (QED) is 0.750. The molecule has 110 valence electrons. The van der Waals surface area contributed by atoms with Gasteiger partial charge in [0.25, 0.3) is 5.91 Å². The number of aromatic nitrogens is 1. The monoisotopic (exact) mass is 277 g/mol. The Morgan fingerprint density at radius 1 is 1.45 bits per heavy atom. The van der Waals surface area contributed by atoms with Crippen LogP contribution in [0.3, 0.4) is 0 Å². The minimum atomic E-state index is -0.000702. The van der Waals surface area contributed by atoms with Gasteiger partial charge in [-0.3, -0.25) is 4.79 Å². The van der Waals surface area contributed by atoms with Gasteiger partial charge in [-0.1, -0.05) is 12.8 Å². The van der Waals surface area contributed by atoms with Gasteiger partial charge in [0, 0.05) is 38.1 Å². The van der Waals surface area contributed by atoms with Gasteiger partial charge >= 0.3 is 0 Å². The van der Waals surface area contributed by atoms with Crippen LogP contribution in [0, 0.1) is 0 Å². The Morgan fingerprint density at radius 2 is 2.25 bits per heavy atom. The molecule has 2 N–H and O–H groups in total. The predicted octanol–water partition coefficient (Wildman–Crippen LogP) is 2.20. The van der Waals surface area contributed by atoms with Gasteiger partial charge < -0.3 is 15.4 Å². The van der Waals surface area contributed by atoms with Gasteiger partial charge in [0.05, 0.1) is 0 Å². The second-order valence-corrected chi connectivity index (χ2v) is 5.16. The molecule has 5 heteroatoms. The lowest BCUT2D eigenvalue weighted by molar-refractivity contribution is 0.0938. The number of nitrogens with one attached hydrogen (secondary N) is 2. The van der Waals surface area contributed by atoms with Crippen molar-refractivity contribution in [1.29, 1.82) is 0 Å². The number of methoxy groups -OCH3 is 1. The average Bonchev–Trinajstić information content (AvgIpc) is 2.97. The number of ether oxygens (including phenoxy) is 1. The van der Waals surface area contributed by atoms with Crippen molar-refractivity contribution in [2.24, 2.45) is 0 Å². The molecule has 1 aromatic heterocycles. The van der Waals surface area contributed by atoms with Crippen molar-refractivity contribution in [2.45, 2.75) is 38.1 Å². The lowest BCUT2D eigenvalue weighted by atomic mass is 10.2. The minimum Gasteiger partial charge on any atom is -0.385 e. The Labute approximate surface area is 120 Å². The average molecular weight is 277 g/mol. The maximum atomic E-state index is 12.1. The molecule has 1 fully saturated rings. The second kappa shape index (κ2) is 7.85. The normalized spacial score (nSPS) is 15.2. The van der Waals surface area contributed by atoms with Crippen LogP contribution in [0.4, 0.5) is 5.82 Å². The van der Waals surface area contributed by atoms with E-state index in [1.165, 1.54) is 12.8 Å². The first-order valence-corrected chi connectivity index (χ1v) is 7.29. The van der Waals surface area contributed by atoms with Gasteiger partial charge in [-0.25, -0.2) is 4.98 Å². The molecule has 1 aromatic rings. The highest BCUT2D eigenvalue weighted by Gasteiger charge is 2.18. The number of pyridine rings is 1. The van der Waals surface area contributed by atoms with Crippen LogP contribution < -0.4 is 10.6 Å². The Hall–Kier alpha value is -1.62. The highest BCUT2D eigenvalue weighted by Crippen LogP contribution is 2.18. The third-order valence-electron chi connectivity index (χ3n) is 3.54. The summed E-state index contributed by atoms with van der Waals surface area (Å²) in [5, 5.41) is 6.28. The van der Waals surface area contributed by atoms with Crippen LogP contribution in [0.15, 0.2) is 18.3 Å². The summed E-state index contributed by atoms with van der Waals surface area (Å²) in [5.41, 5.74) is 0.668. The van der Waals surface area contributed by atoms with Crippen LogP contribution in [0.2, 0.25) is 0 Å². The first-order valence-electron chi connectivity index (χ1n) is 7.29. The molecule has 0 aliphatic heterocycles. The number of anilines is 1. The number of carbonyl (C=O) groups excluding carboxylic acids is 1. The standard InChI is InChI=1S/C15H23N3O2/c1-20-10-4-8-16-14-11-12(7-9-17-14)15(19)18-13-5-2-3-6-13/h7,9,11,13H,2-6,8,10H2,1H3,(H,16,17)(H,18,19). The van der Waals surface area contributed by atoms with Crippen molar-refractivity contribution < 1.29 is 9.53 Å². The summed E-state index contributed by atoms with van der Waals surface area (Å²) >= 11 is 0. The second-order valence-electron chi connectivity index (χ2n) is 5.16. The zero-order valence-corrected chi connectivity index (χ0v) is 12.0.